The Morgan fingerprint density at radius 1 is 1.00 bits per heavy atom. The largest absolute Gasteiger partial charge is 0.398 e. The summed E-state index contributed by atoms with van der Waals surface area (Å²) in [5, 5.41) is 0. The molecule has 0 aliphatic carbocycles. The Bertz CT molecular complexity index is 192. The molecule has 1 aliphatic heterocycles. The van der Waals surface area contributed by atoms with Crippen LogP contribution in [-0.4, -0.2) is 71.8 Å². The minimum absolute atomic E-state index is 1.06. The molecular weight excluding hydrogens is 220 g/mol. The van der Waals surface area contributed by atoms with E-state index in [1.165, 1.54) is 32.7 Å². The van der Waals surface area contributed by atoms with E-state index in [0.29, 0.717) is 0 Å². The van der Waals surface area contributed by atoms with Crippen LogP contribution in [0.1, 0.15) is 6.92 Å². The molecule has 96 valence electrons. The summed E-state index contributed by atoms with van der Waals surface area (Å²) in [6.45, 7) is 11.4. The summed E-state index contributed by atoms with van der Waals surface area (Å²) in [5.41, 5.74) is 0. The van der Waals surface area contributed by atoms with Crippen molar-refractivity contribution in [3.63, 3.8) is 0 Å². The first-order chi connectivity index (χ1) is 7.63. The van der Waals surface area contributed by atoms with Gasteiger partial charge in [-0.15, -0.1) is 0 Å². The van der Waals surface area contributed by atoms with Crippen LogP contribution in [0.5, 0.6) is 0 Å². The maximum absolute atomic E-state index is 5.50. The molecular formula is C11H26N2O2Si. The maximum atomic E-state index is 5.50. The predicted octanol–water partition coefficient (Wildman–Crippen LogP) is 0.989. The summed E-state index contributed by atoms with van der Waals surface area (Å²) < 4.78 is 11.0. The molecule has 0 atom stereocenters. The molecule has 0 unspecified atom stereocenters. The van der Waals surface area contributed by atoms with Gasteiger partial charge in [-0.3, -0.25) is 0 Å². The van der Waals surface area contributed by atoms with E-state index in [4.69, 9.17) is 8.85 Å². The number of likely N-dealkylation sites (N-methyl/N-ethyl adjacent to an activating group) is 1. The standard InChI is InChI=1S/C11H26N2O2Si/c1-5-12-6-8-13(9-7-12)10-11-16(4,14-2)15-3/h5-11H2,1-4H3. The average Bonchev–Trinajstić information content (AvgIpc) is 2.36. The number of piperazine rings is 1. The lowest BCUT2D eigenvalue weighted by molar-refractivity contribution is 0.138. The van der Waals surface area contributed by atoms with Crippen molar-refractivity contribution in [1.29, 1.82) is 0 Å². The molecule has 4 nitrogen and oxygen atoms in total. The lowest BCUT2D eigenvalue weighted by atomic mass is 10.3. The van der Waals surface area contributed by atoms with Gasteiger partial charge in [0.05, 0.1) is 0 Å². The van der Waals surface area contributed by atoms with Gasteiger partial charge in [0.1, 0.15) is 0 Å². The molecule has 5 heteroatoms. The van der Waals surface area contributed by atoms with Gasteiger partial charge >= 0.3 is 8.56 Å². The van der Waals surface area contributed by atoms with Crippen molar-refractivity contribution in [2.24, 2.45) is 0 Å². The zero-order valence-electron chi connectivity index (χ0n) is 11.2. The van der Waals surface area contributed by atoms with Crippen LogP contribution in [0.25, 0.3) is 0 Å². The second kappa shape index (κ2) is 6.71. The van der Waals surface area contributed by atoms with Gasteiger partial charge in [0.15, 0.2) is 0 Å². The van der Waals surface area contributed by atoms with Gasteiger partial charge in [-0.05, 0) is 13.1 Å². The maximum Gasteiger partial charge on any atom is 0.335 e. The Morgan fingerprint density at radius 2 is 1.50 bits per heavy atom. The molecule has 1 fully saturated rings. The van der Waals surface area contributed by atoms with E-state index in [1.54, 1.807) is 14.2 Å². The summed E-state index contributed by atoms with van der Waals surface area (Å²) in [6.07, 6.45) is 0. The van der Waals surface area contributed by atoms with E-state index in [-0.39, 0.29) is 0 Å². The fraction of sp³-hybridized carbons (Fsp3) is 1.00. The number of hydrogen-bond acceptors (Lipinski definition) is 4. The molecule has 0 radical (unpaired) electrons. The van der Waals surface area contributed by atoms with Gasteiger partial charge < -0.3 is 18.7 Å². The molecule has 0 saturated carbocycles. The van der Waals surface area contributed by atoms with Crippen LogP contribution in [0.4, 0.5) is 0 Å². The summed E-state index contributed by atoms with van der Waals surface area (Å²) in [7, 11) is 1.68. The molecule has 0 aromatic carbocycles. The summed E-state index contributed by atoms with van der Waals surface area (Å²) in [4.78, 5) is 5.02. The molecule has 0 N–H and O–H groups in total. The van der Waals surface area contributed by atoms with Gasteiger partial charge in [-0.25, -0.2) is 0 Å². The zero-order valence-corrected chi connectivity index (χ0v) is 12.2. The van der Waals surface area contributed by atoms with Crippen LogP contribution in [0.3, 0.4) is 0 Å². The van der Waals surface area contributed by atoms with Crippen LogP contribution in [0.15, 0.2) is 0 Å². The highest BCUT2D eigenvalue weighted by Gasteiger charge is 2.29. The van der Waals surface area contributed by atoms with Crippen LogP contribution in [-0.2, 0) is 8.85 Å². The first kappa shape index (κ1) is 14.1. The van der Waals surface area contributed by atoms with E-state index >= 15 is 0 Å². The molecule has 1 rings (SSSR count). The fourth-order valence-electron chi connectivity index (χ4n) is 1.98. The van der Waals surface area contributed by atoms with Crippen LogP contribution < -0.4 is 0 Å². The highest BCUT2D eigenvalue weighted by Crippen LogP contribution is 2.13. The minimum Gasteiger partial charge on any atom is -0.398 e. The van der Waals surface area contributed by atoms with E-state index < -0.39 is 8.56 Å². The molecule has 0 spiro atoms. The summed E-state index contributed by atoms with van der Waals surface area (Å²) in [6, 6.07) is 1.06. The van der Waals surface area contributed by atoms with Crippen LogP contribution in [0, 0.1) is 0 Å². The van der Waals surface area contributed by atoms with Crippen molar-refractivity contribution >= 4 is 8.56 Å². The van der Waals surface area contributed by atoms with E-state index in [0.717, 1.165) is 12.6 Å². The Labute approximate surface area is 101 Å². The Hall–Kier alpha value is 0.0569. The van der Waals surface area contributed by atoms with Crippen molar-refractivity contribution < 1.29 is 8.85 Å². The van der Waals surface area contributed by atoms with Crippen molar-refractivity contribution in [2.75, 3.05) is 53.5 Å². The van der Waals surface area contributed by atoms with Crippen LogP contribution in [0.2, 0.25) is 12.6 Å². The molecule has 1 aliphatic rings. The van der Waals surface area contributed by atoms with Gasteiger partial charge in [0.2, 0.25) is 0 Å². The summed E-state index contributed by atoms with van der Waals surface area (Å²) in [5.74, 6) is 0. The predicted molar refractivity (Wildman–Crippen MR) is 69.0 cm³/mol. The highest BCUT2D eigenvalue weighted by atomic mass is 28.4. The molecule has 0 amide bonds. The van der Waals surface area contributed by atoms with E-state index in [1.807, 2.05) is 0 Å². The number of nitrogens with zero attached hydrogens (tertiary/aromatic N) is 2. The lowest BCUT2D eigenvalue weighted by Gasteiger charge is -2.35. The summed E-state index contributed by atoms with van der Waals surface area (Å²) >= 11 is 0. The zero-order chi connectivity index (χ0) is 12.0. The monoisotopic (exact) mass is 246 g/mol. The molecule has 0 aromatic rings. The highest BCUT2D eigenvalue weighted by molar-refractivity contribution is 6.66. The Balaban J connectivity index is 2.24. The second-order valence-corrected chi connectivity index (χ2v) is 8.15. The average molecular weight is 246 g/mol. The third kappa shape index (κ3) is 4.14. The molecule has 16 heavy (non-hydrogen) atoms. The Morgan fingerprint density at radius 3 is 1.94 bits per heavy atom. The third-order valence-corrected chi connectivity index (χ3v) is 6.52. The number of rotatable bonds is 6. The normalized spacial score (nSPS) is 20.2. The fourth-order valence-corrected chi connectivity index (χ4v) is 3.28. The molecule has 0 bridgehead atoms. The topological polar surface area (TPSA) is 24.9 Å². The Kier molecular flexibility index (Phi) is 5.92. The van der Waals surface area contributed by atoms with Gasteiger partial charge in [-0.2, -0.15) is 0 Å². The smallest absolute Gasteiger partial charge is 0.335 e. The molecule has 0 aromatic heterocycles. The molecule has 1 saturated heterocycles. The minimum atomic E-state index is -1.86. The van der Waals surface area contributed by atoms with E-state index in [2.05, 4.69) is 23.3 Å². The quantitative estimate of drug-likeness (QED) is 0.653. The van der Waals surface area contributed by atoms with Gasteiger partial charge in [0, 0.05) is 53.0 Å². The molecule has 1 heterocycles. The first-order valence-corrected chi connectivity index (χ1v) is 8.71. The van der Waals surface area contributed by atoms with E-state index in [9.17, 15) is 0 Å². The third-order valence-electron chi connectivity index (χ3n) is 3.66. The first-order valence-electron chi connectivity index (χ1n) is 6.18. The van der Waals surface area contributed by atoms with Gasteiger partial charge in [-0.1, -0.05) is 6.92 Å². The van der Waals surface area contributed by atoms with Crippen molar-refractivity contribution in [2.45, 2.75) is 19.5 Å². The van der Waals surface area contributed by atoms with Crippen molar-refractivity contribution in [3.05, 3.63) is 0 Å². The van der Waals surface area contributed by atoms with Crippen molar-refractivity contribution in [3.8, 4) is 0 Å². The second-order valence-electron chi connectivity index (χ2n) is 4.57. The lowest BCUT2D eigenvalue weighted by Crippen LogP contribution is -2.48. The SMILES string of the molecule is CCN1CCN(CC[Si](C)(OC)OC)CC1. The number of hydrogen-bond donors (Lipinski definition) is 0. The van der Waals surface area contributed by atoms with Crippen LogP contribution >= 0.6 is 0 Å². The van der Waals surface area contributed by atoms with Crippen molar-refractivity contribution in [1.82, 2.24) is 9.80 Å². The van der Waals surface area contributed by atoms with Gasteiger partial charge in [0.25, 0.3) is 0 Å².